The van der Waals surface area contributed by atoms with Crippen molar-refractivity contribution in [3.63, 3.8) is 0 Å². The second-order valence-corrected chi connectivity index (χ2v) is 7.23. The number of fused-ring (bicyclic) bond motifs is 1. The Morgan fingerprint density at radius 3 is 2.41 bits per heavy atom. The number of carbonyl (C=O) groups excluding carboxylic acids is 2. The minimum Gasteiger partial charge on any atom is -0.496 e. The molecule has 4 aromatic rings. The molecule has 0 bridgehead atoms. The molecule has 9 nitrogen and oxygen atoms in total. The Bertz CT molecular complexity index is 1420. The highest BCUT2D eigenvalue weighted by molar-refractivity contribution is 5.99. The van der Waals surface area contributed by atoms with Gasteiger partial charge in [-0.3, -0.25) is 14.4 Å². The van der Waals surface area contributed by atoms with Gasteiger partial charge in [0, 0.05) is 16.5 Å². The van der Waals surface area contributed by atoms with Gasteiger partial charge < -0.3 is 10.1 Å². The lowest BCUT2D eigenvalue weighted by molar-refractivity contribution is -0.123. The lowest BCUT2D eigenvalue weighted by Crippen LogP contribution is -2.40. The number of hydrogen-bond acceptors (Lipinski definition) is 6. The van der Waals surface area contributed by atoms with E-state index in [1.165, 1.54) is 13.3 Å². The molecule has 2 amide bonds. The van der Waals surface area contributed by atoms with E-state index in [-0.39, 0.29) is 5.69 Å². The van der Waals surface area contributed by atoms with Crippen molar-refractivity contribution in [1.29, 1.82) is 0 Å². The summed E-state index contributed by atoms with van der Waals surface area (Å²) in [6.45, 7) is 0. The summed E-state index contributed by atoms with van der Waals surface area (Å²) in [6, 6.07) is 21.1. The molecule has 170 valence electrons. The van der Waals surface area contributed by atoms with Crippen molar-refractivity contribution < 1.29 is 14.3 Å². The molecule has 1 atom stereocenters. The first-order valence-electron chi connectivity index (χ1n) is 10.4. The molecule has 0 saturated heterocycles. The van der Waals surface area contributed by atoms with Crippen LogP contribution in [0.3, 0.4) is 0 Å². The van der Waals surface area contributed by atoms with E-state index in [9.17, 15) is 14.4 Å². The van der Waals surface area contributed by atoms with Gasteiger partial charge in [-0.25, -0.2) is 10.5 Å². The largest absolute Gasteiger partial charge is 0.496 e. The van der Waals surface area contributed by atoms with Crippen molar-refractivity contribution in [1.82, 2.24) is 20.9 Å². The zero-order valence-corrected chi connectivity index (χ0v) is 18.2. The Kier molecular flexibility index (Phi) is 6.73. The van der Waals surface area contributed by atoms with Gasteiger partial charge in [-0.1, -0.05) is 48.5 Å². The van der Waals surface area contributed by atoms with Gasteiger partial charge in [-0.15, -0.1) is 0 Å². The van der Waals surface area contributed by atoms with Gasteiger partial charge in [-0.2, -0.15) is 10.2 Å². The zero-order valence-electron chi connectivity index (χ0n) is 18.2. The summed E-state index contributed by atoms with van der Waals surface area (Å²) in [5.74, 6) is -0.533. The first kappa shape index (κ1) is 22.4. The van der Waals surface area contributed by atoms with Crippen LogP contribution in [0.15, 0.2) is 88.8 Å². The summed E-state index contributed by atoms with van der Waals surface area (Å²) in [4.78, 5) is 38.3. The zero-order chi connectivity index (χ0) is 23.9. The van der Waals surface area contributed by atoms with Crippen LogP contribution < -0.4 is 21.0 Å². The molecule has 4 rings (SSSR count). The Morgan fingerprint density at radius 2 is 1.65 bits per heavy atom. The van der Waals surface area contributed by atoms with Gasteiger partial charge in [0.1, 0.15) is 11.4 Å². The topological polar surface area (TPSA) is 126 Å². The third kappa shape index (κ3) is 4.83. The van der Waals surface area contributed by atoms with Crippen molar-refractivity contribution in [3.8, 4) is 5.75 Å². The molecule has 0 aliphatic rings. The molecule has 0 aliphatic carbocycles. The molecule has 1 aromatic heterocycles. The van der Waals surface area contributed by atoms with E-state index in [1.807, 2.05) is 12.1 Å². The number of ether oxygens (including phenoxy) is 1. The lowest BCUT2D eigenvalue weighted by Gasteiger charge is -2.18. The Balaban J connectivity index is 1.67. The molecule has 0 aliphatic heterocycles. The summed E-state index contributed by atoms with van der Waals surface area (Å²) in [5, 5.41) is 14.0. The van der Waals surface area contributed by atoms with E-state index in [0.717, 1.165) is 0 Å². The molecule has 0 fully saturated rings. The van der Waals surface area contributed by atoms with Crippen LogP contribution in [0.25, 0.3) is 10.8 Å². The maximum absolute atomic E-state index is 13.2. The van der Waals surface area contributed by atoms with Crippen LogP contribution in [0.1, 0.15) is 27.7 Å². The SMILES string of the molecule is COc1ccccc1/C=N\NC(=O)C(NC(=O)c1ccccc1)c1n[nH]c(=O)c2ccccc12. The number of carbonyl (C=O) groups is 2. The number of H-pyrrole nitrogens is 1. The van der Waals surface area contributed by atoms with E-state index in [4.69, 9.17) is 4.74 Å². The third-order valence-electron chi connectivity index (χ3n) is 5.09. The molecule has 0 radical (unpaired) electrons. The van der Waals surface area contributed by atoms with Crippen LogP contribution in [0.5, 0.6) is 5.75 Å². The van der Waals surface area contributed by atoms with Gasteiger partial charge in [0.05, 0.1) is 18.7 Å². The number of aromatic nitrogens is 2. The number of hydrazone groups is 1. The van der Waals surface area contributed by atoms with Crippen LogP contribution in [0.2, 0.25) is 0 Å². The second kappa shape index (κ2) is 10.2. The Morgan fingerprint density at radius 1 is 0.971 bits per heavy atom. The fourth-order valence-electron chi connectivity index (χ4n) is 3.42. The summed E-state index contributed by atoms with van der Waals surface area (Å²) in [7, 11) is 1.54. The van der Waals surface area contributed by atoms with Crippen LogP contribution in [0, 0.1) is 0 Å². The fraction of sp³-hybridized carbons (Fsp3) is 0.0800. The smallest absolute Gasteiger partial charge is 0.272 e. The van der Waals surface area contributed by atoms with E-state index in [0.29, 0.717) is 27.6 Å². The van der Waals surface area contributed by atoms with E-state index >= 15 is 0 Å². The normalized spacial score (nSPS) is 11.8. The predicted octanol–water partition coefficient (Wildman–Crippen LogP) is 2.55. The highest BCUT2D eigenvalue weighted by atomic mass is 16.5. The van der Waals surface area contributed by atoms with Gasteiger partial charge in [0.15, 0.2) is 6.04 Å². The van der Waals surface area contributed by atoms with E-state index < -0.39 is 23.4 Å². The fourth-order valence-corrected chi connectivity index (χ4v) is 3.42. The molecule has 9 heteroatoms. The van der Waals surface area contributed by atoms with Crippen LogP contribution in [-0.2, 0) is 4.79 Å². The molecule has 1 unspecified atom stereocenters. The number of rotatable bonds is 7. The minimum atomic E-state index is -1.23. The standard InChI is InChI=1S/C25H21N5O4/c1-34-20-14-8-5-11-17(20)15-26-29-25(33)22(27-23(31)16-9-3-2-4-10-16)21-18-12-6-7-13-19(18)24(32)30-28-21/h2-15,22H,1H3,(H,27,31)(H,29,33)(H,30,32)/b26-15-. The van der Waals surface area contributed by atoms with Crippen LogP contribution >= 0.6 is 0 Å². The number of para-hydroxylation sites is 1. The lowest BCUT2D eigenvalue weighted by atomic mass is 10.0. The summed E-state index contributed by atoms with van der Waals surface area (Å²) < 4.78 is 5.28. The number of methoxy groups -OCH3 is 1. The van der Waals surface area contributed by atoms with E-state index in [2.05, 4.69) is 26.0 Å². The number of nitrogens with zero attached hydrogens (tertiary/aromatic N) is 2. The van der Waals surface area contributed by atoms with Gasteiger partial charge in [0.25, 0.3) is 17.4 Å². The number of benzene rings is 3. The van der Waals surface area contributed by atoms with Gasteiger partial charge in [0.2, 0.25) is 0 Å². The molecule has 34 heavy (non-hydrogen) atoms. The van der Waals surface area contributed by atoms with Crippen LogP contribution in [-0.4, -0.2) is 35.3 Å². The van der Waals surface area contributed by atoms with Gasteiger partial charge >= 0.3 is 0 Å². The minimum absolute atomic E-state index is 0.185. The molecule has 3 N–H and O–H groups in total. The monoisotopic (exact) mass is 455 g/mol. The predicted molar refractivity (Wildman–Crippen MR) is 128 cm³/mol. The first-order chi connectivity index (χ1) is 16.6. The molecule has 0 spiro atoms. The maximum atomic E-state index is 13.2. The highest BCUT2D eigenvalue weighted by Gasteiger charge is 2.27. The van der Waals surface area contributed by atoms with Gasteiger partial charge in [-0.05, 0) is 30.3 Å². The maximum Gasteiger partial charge on any atom is 0.272 e. The van der Waals surface area contributed by atoms with Crippen molar-refractivity contribution >= 4 is 28.8 Å². The van der Waals surface area contributed by atoms with E-state index in [1.54, 1.807) is 66.7 Å². The summed E-state index contributed by atoms with van der Waals surface area (Å²) in [6.07, 6.45) is 1.44. The third-order valence-corrected chi connectivity index (χ3v) is 5.09. The number of nitrogens with one attached hydrogen (secondary N) is 3. The highest BCUT2D eigenvalue weighted by Crippen LogP contribution is 2.20. The first-order valence-corrected chi connectivity index (χ1v) is 10.4. The van der Waals surface area contributed by atoms with Crippen molar-refractivity contribution in [2.24, 2.45) is 5.10 Å². The molecule has 0 saturated carbocycles. The Hall–Kier alpha value is -4.79. The molecule has 1 heterocycles. The molecular formula is C25H21N5O4. The Labute approximate surface area is 194 Å². The van der Waals surface area contributed by atoms with Crippen LogP contribution in [0.4, 0.5) is 0 Å². The molecular weight excluding hydrogens is 434 g/mol. The quantitative estimate of drug-likeness (QED) is 0.292. The van der Waals surface area contributed by atoms with Crippen molar-refractivity contribution in [2.75, 3.05) is 7.11 Å². The average molecular weight is 455 g/mol. The summed E-state index contributed by atoms with van der Waals surface area (Å²) >= 11 is 0. The molecule has 3 aromatic carbocycles. The van der Waals surface area contributed by atoms with Crippen molar-refractivity contribution in [2.45, 2.75) is 6.04 Å². The number of aromatic amines is 1. The average Bonchev–Trinajstić information content (AvgIpc) is 2.88. The van der Waals surface area contributed by atoms with Crippen molar-refractivity contribution in [3.05, 3.63) is 106 Å². The number of hydrogen-bond donors (Lipinski definition) is 3. The number of amides is 2. The summed E-state index contributed by atoms with van der Waals surface area (Å²) in [5.41, 5.74) is 3.25. The second-order valence-electron chi connectivity index (χ2n) is 7.23.